The third-order valence-corrected chi connectivity index (χ3v) is 7.98. The highest BCUT2D eigenvalue weighted by molar-refractivity contribution is 6.28. The predicted molar refractivity (Wildman–Crippen MR) is 178 cm³/mol. The van der Waals surface area contributed by atoms with Gasteiger partial charge < -0.3 is 39.1 Å². The van der Waals surface area contributed by atoms with Gasteiger partial charge in [0.25, 0.3) is 0 Å². The standard InChI is InChI=1S/C36H50N2O12/c1-33(2,3)15-35(7,8)37-27-21(31(43)47-13)17(29(41)45-11)19-24(40)26-20(23(39)25(19)49-27)18(30(42)46-12)22(32(44)48-14)28(50-26)38-36(9,10)16-34(4,5)6/h17-18,37-38H,15-16H2,1-14H3. The van der Waals surface area contributed by atoms with Crippen LogP contribution in [0.2, 0.25) is 0 Å². The minimum absolute atomic E-state index is 0.226. The second-order valence-electron chi connectivity index (χ2n) is 16.2. The molecule has 0 aromatic carbocycles. The highest BCUT2D eigenvalue weighted by atomic mass is 16.5. The number of rotatable bonds is 10. The van der Waals surface area contributed by atoms with Gasteiger partial charge in [-0.15, -0.1) is 0 Å². The Hall–Kier alpha value is -4.62. The highest BCUT2D eigenvalue weighted by Crippen LogP contribution is 2.47. The van der Waals surface area contributed by atoms with Gasteiger partial charge in [-0.25, -0.2) is 9.59 Å². The Kier molecular flexibility index (Phi) is 11.1. The molecule has 2 heterocycles. The number of ether oxygens (including phenoxy) is 6. The Morgan fingerprint density at radius 2 is 0.860 bits per heavy atom. The summed E-state index contributed by atoms with van der Waals surface area (Å²) in [5, 5.41) is 6.24. The number of carbonyl (C=O) groups is 6. The summed E-state index contributed by atoms with van der Waals surface area (Å²) in [6.07, 6.45) is 1.04. The Morgan fingerprint density at radius 1 is 0.560 bits per heavy atom. The van der Waals surface area contributed by atoms with Gasteiger partial charge in [-0.3, -0.25) is 19.2 Å². The molecule has 0 saturated heterocycles. The number of ketones is 2. The van der Waals surface area contributed by atoms with Crippen molar-refractivity contribution < 1.29 is 57.2 Å². The summed E-state index contributed by atoms with van der Waals surface area (Å²) in [5.74, 6) is -12.0. The zero-order valence-electron chi connectivity index (χ0n) is 31.5. The molecule has 2 atom stereocenters. The largest absolute Gasteiger partial charge is 0.468 e. The zero-order valence-corrected chi connectivity index (χ0v) is 31.5. The normalized spacial score (nSPS) is 20.0. The Labute approximate surface area is 292 Å². The predicted octanol–water partition coefficient (Wildman–Crippen LogP) is 3.66. The minimum atomic E-state index is -1.81. The van der Waals surface area contributed by atoms with Crippen molar-refractivity contribution in [3.63, 3.8) is 0 Å². The van der Waals surface area contributed by atoms with Crippen LogP contribution >= 0.6 is 0 Å². The number of nitrogens with one attached hydrogen (secondary N) is 2. The molecule has 14 nitrogen and oxygen atoms in total. The quantitative estimate of drug-likeness (QED) is 0.191. The topological polar surface area (TPSA) is 182 Å². The van der Waals surface area contributed by atoms with Crippen LogP contribution in [0.1, 0.15) is 82.1 Å². The van der Waals surface area contributed by atoms with Gasteiger partial charge in [-0.05, 0) is 51.4 Å². The maximum absolute atomic E-state index is 14.6. The lowest BCUT2D eigenvalue weighted by molar-refractivity contribution is -0.149. The average Bonchev–Trinajstić information content (AvgIpc) is 2.97. The Morgan fingerprint density at radius 3 is 1.10 bits per heavy atom. The van der Waals surface area contributed by atoms with Crippen LogP contribution < -0.4 is 10.6 Å². The van der Waals surface area contributed by atoms with Crippen LogP contribution in [0.15, 0.2) is 45.6 Å². The van der Waals surface area contributed by atoms with Crippen LogP contribution in [0.25, 0.3) is 0 Å². The molecule has 1 aliphatic carbocycles. The molecule has 2 N–H and O–H groups in total. The summed E-state index contributed by atoms with van der Waals surface area (Å²) < 4.78 is 32.2. The summed E-state index contributed by atoms with van der Waals surface area (Å²) in [6, 6.07) is 0. The molecule has 0 aromatic rings. The summed E-state index contributed by atoms with van der Waals surface area (Å²) >= 11 is 0. The fourth-order valence-corrected chi connectivity index (χ4v) is 7.18. The molecule has 0 fully saturated rings. The Balaban J connectivity index is 2.33. The summed E-state index contributed by atoms with van der Waals surface area (Å²) in [7, 11) is 4.28. The van der Waals surface area contributed by atoms with Crippen molar-refractivity contribution in [1.29, 1.82) is 0 Å². The van der Waals surface area contributed by atoms with Crippen LogP contribution in [0.3, 0.4) is 0 Å². The second kappa shape index (κ2) is 13.9. The van der Waals surface area contributed by atoms with Crippen molar-refractivity contribution in [2.75, 3.05) is 28.4 Å². The second-order valence-corrected chi connectivity index (χ2v) is 16.2. The lowest BCUT2D eigenvalue weighted by Gasteiger charge is -2.40. The molecule has 0 bridgehead atoms. The van der Waals surface area contributed by atoms with Crippen LogP contribution in [0, 0.1) is 22.7 Å². The van der Waals surface area contributed by atoms with Crippen molar-refractivity contribution in [1.82, 2.24) is 10.6 Å². The summed E-state index contributed by atoms with van der Waals surface area (Å²) in [6.45, 7) is 19.3. The number of hydrogen-bond acceptors (Lipinski definition) is 14. The lowest BCUT2D eigenvalue weighted by Crippen LogP contribution is -2.50. The lowest BCUT2D eigenvalue weighted by atomic mass is 9.75. The van der Waals surface area contributed by atoms with Crippen LogP contribution in [0.5, 0.6) is 0 Å². The number of methoxy groups -OCH3 is 4. The molecule has 2 aliphatic heterocycles. The molecule has 3 aliphatic rings. The molecular weight excluding hydrogens is 652 g/mol. The van der Waals surface area contributed by atoms with E-state index in [9.17, 15) is 28.8 Å². The maximum Gasteiger partial charge on any atom is 0.340 e. The van der Waals surface area contributed by atoms with Gasteiger partial charge in [0.2, 0.25) is 23.3 Å². The fraction of sp³-hybridized carbons (Fsp3) is 0.611. The van der Waals surface area contributed by atoms with Gasteiger partial charge >= 0.3 is 23.9 Å². The third-order valence-electron chi connectivity index (χ3n) is 7.98. The monoisotopic (exact) mass is 702 g/mol. The molecular formula is C36H50N2O12. The summed E-state index contributed by atoms with van der Waals surface area (Å²) in [5.41, 5.74) is -4.03. The molecule has 3 rings (SSSR count). The molecule has 2 unspecified atom stereocenters. The average molecular weight is 703 g/mol. The van der Waals surface area contributed by atoms with Crippen molar-refractivity contribution in [3.8, 4) is 0 Å². The van der Waals surface area contributed by atoms with E-state index in [0.717, 1.165) is 28.4 Å². The first-order valence-corrected chi connectivity index (χ1v) is 16.1. The van der Waals surface area contributed by atoms with Crippen molar-refractivity contribution in [2.45, 2.75) is 93.2 Å². The van der Waals surface area contributed by atoms with E-state index >= 15 is 0 Å². The molecule has 0 spiro atoms. The van der Waals surface area contributed by atoms with Gasteiger partial charge in [0.1, 0.15) is 23.0 Å². The molecule has 0 aromatic heterocycles. The molecule has 50 heavy (non-hydrogen) atoms. The summed E-state index contributed by atoms with van der Waals surface area (Å²) in [4.78, 5) is 82.9. The van der Waals surface area contributed by atoms with Crippen LogP contribution in [-0.2, 0) is 57.2 Å². The van der Waals surface area contributed by atoms with E-state index in [4.69, 9.17) is 28.4 Å². The van der Waals surface area contributed by atoms with Gasteiger partial charge in [0.05, 0.1) is 39.6 Å². The number of Topliss-reactive ketones (excluding diaryl/α,β-unsaturated/α-hetero) is 2. The van der Waals surface area contributed by atoms with Crippen LogP contribution in [0.4, 0.5) is 0 Å². The van der Waals surface area contributed by atoms with Crippen molar-refractivity contribution in [3.05, 3.63) is 45.6 Å². The van der Waals surface area contributed by atoms with Crippen LogP contribution in [-0.4, -0.2) is 75.0 Å². The van der Waals surface area contributed by atoms with E-state index in [0.29, 0.717) is 12.8 Å². The number of carbonyl (C=O) groups excluding carboxylic acids is 6. The zero-order chi connectivity index (χ0) is 38.3. The van der Waals surface area contributed by atoms with Gasteiger partial charge in [0, 0.05) is 11.1 Å². The van der Waals surface area contributed by atoms with E-state index < -0.39 is 92.2 Å². The molecule has 14 heteroatoms. The first kappa shape index (κ1) is 39.8. The van der Waals surface area contributed by atoms with E-state index in [-0.39, 0.29) is 22.6 Å². The van der Waals surface area contributed by atoms with E-state index in [1.54, 1.807) is 0 Å². The molecule has 0 saturated carbocycles. The molecule has 276 valence electrons. The minimum Gasteiger partial charge on any atom is -0.468 e. The maximum atomic E-state index is 14.6. The number of esters is 4. The third kappa shape index (κ3) is 8.22. The SMILES string of the molecule is COC(=O)C1=C(NC(C)(C)CC(C)(C)C)OC2=C(C(=O)C3=C(C2=O)C(C(=O)OC)C(C(=O)OC)=C(NC(C)(C)CC(C)(C)C)O3)C1C(=O)OC. The van der Waals surface area contributed by atoms with E-state index in [1.165, 1.54) is 0 Å². The Bertz CT molecular complexity index is 1510. The van der Waals surface area contributed by atoms with Crippen molar-refractivity contribution >= 4 is 35.4 Å². The fourth-order valence-electron chi connectivity index (χ4n) is 7.18. The van der Waals surface area contributed by atoms with Gasteiger partial charge in [0.15, 0.2) is 11.5 Å². The van der Waals surface area contributed by atoms with Gasteiger partial charge in [-0.1, -0.05) is 41.5 Å². The van der Waals surface area contributed by atoms with Crippen molar-refractivity contribution in [2.24, 2.45) is 22.7 Å². The number of hydrogen-bond donors (Lipinski definition) is 2. The van der Waals surface area contributed by atoms with E-state index in [1.807, 2.05) is 69.2 Å². The first-order chi connectivity index (χ1) is 22.8. The van der Waals surface area contributed by atoms with E-state index in [2.05, 4.69) is 10.6 Å². The smallest absolute Gasteiger partial charge is 0.340 e. The molecule has 0 radical (unpaired) electrons. The highest BCUT2D eigenvalue weighted by Gasteiger charge is 2.56. The number of allylic oxidation sites excluding steroid dienone is 2. The van der Waals surface area contributed by atoms with Gasteiger partial charge in [-0.2, -0.15) is 0 Å². The molecule has 0 amide bonds. The first-order valence-electron chi connectivity index (χ1n) is 16.1.